The van der Waals surface area contributed by atoms with Gasteiger partial charge in [-0.1, -0.05) is 36.2 Å². The Labute approximate surface area is 192 Å². The zero-order chi connectivity index (χ0) is 23.6. The summed E-state index contributed by atoms with van der Waals surface area (Å²) in [5, 5.41) is 2.54. The molecule has 1 aliphatic rings. The number of hydrogen-bond donors (Lipinski definition) is 1. The largest absolute Gasteiger partial charge is 0.452 e. The van der Waals surface area contributed by atoms with Crippen molar-refractivity contribution in [1.29, 1.82) is 0 Å². The molecule has 0 aliphatic heterocycles. The predicted molar refractivity (Wildman–Crippen MR) is 116 cm³/mol. The van der Waals surface area contributed by atoms with Crippen LogP contribution in [0.4, 0.5) is 19.0 Å². The molecule has 6 nitrogen and oxygen atoms in total. The second-order valence-electron chi connectivity index (χ2n) is 7.67. The number of carbonyl (C=O) groups excluding carboxylic acids is 2. The second kappa shape index (κ2) is 9.35. The number of benzene rings is 1. The van der Waals surface area contributed by atoms with Gasteiger partial charge in [-0.15, -0.1) is 0 Å². The molecule has 0 radical (unpaired) electrons. The lowest BCUT2D eigenvalue weighted by atomic mass is 9.97. The van der Waals surface area contributed by atoms with Gasteiger partial charge >= 0.3 is 12.1 Å². The van der Waals surface area contributed by atoms with E-state index in [9.17, 15) is 22.8 Å². The summed E-state index contributed by atoms with van der Waals surface area (Å²) in [5.41, 5.74) is 1.74. The molecule has 3 aromatic rings. The molecule has 1 amide bonds. The Balaban J connectivity index is 1.51. The molecule has 33 heavy (non-hydrogen) atoms. The molecule has 0 saturated heterocycles. The van der Waals surface area contributed by atoms with Crippen molar-refractivity contribution >= 4 is 40.2 Å². The molecule has 0 spiro atoms. The minimum Gasteiger partial charge on any atom is -0.452 e. The van der Waals surface area contributed by atoms with Gasteiger partial charge in [0, 0.05) is 17.3 Å². The number of amides is 1. The summed E-state index contributed by atoms with van der Waals surface area (Å²) < 4.78 is 43.5. The standard InChI is InChI=1S/C23H19ClF3N3O3/c24-16-10-13(23(25,26)27)11-28-21(16)30-19(31)12-33-22(32)20-14-6-2-1-3-8-17(14)29-18-9-5-4-7-15(18)20/h4-5,7,9-11H,1-3,6,8,12H2,(H,28,30,31). The van der Waals surface area contributed by atoms with Crippen molar-refractivity contribution in [2.45, 2.75) is 38.3 Å². The third kappa shape index (κ3) is 5.08. The summed E-state index contributed by atoms with van der Waals surface area (Å²) in [7, 11) is 0. The Bertz CT molecular complexity index is 1230. The van der Waals surface area contributed by atoms with E-state index in [1.54, 1.807) is 12.1 Å². The first-order valence-corrected chi connectivity index (χ1v) is 10.7. The van der Waals surface area contributed by atoms with Crippen molar-refractivity contribution in [3.63, 3.8) is 0 Å². The van der Waals surface area contributed by atoms with Gasteiger partial charge in [-0.3, -0.25) is 9.78 Å². The number of hydrogen-bond acceptors (Lipinski definition) is 5. The Morgan fingerprint density at radius 2 is 1.88 bits per heavy atom. The minimum atomic E-state index is -4.61. The molecular weight excluding hydrogens is 459 g/mol. The summed E-state index contributed by atoms with van der Waals surface area (Å²) in [5.74, 6) is -1.69. The van der Waals surface area contributed by atoms with E-state index < -0.39 is 30.2 Å². The van der Waals surface area contributed by atoms with E-state index in [2.05, 4.69) is 10.3 Å². The number of halogens is 4. The van der Waals surface area contributed by atoms with Crippen LogP contribution in [0.1, 0.15) is 46.4 Å². The summed E-state index contributed by atoms with van der Waals surface area (Å²) in [6.45, 7) is -0.650. The summed E-state index contributed by atoms with van der Waals surface area (Å²) in [6.07, 6.45) is 0.340. The van der Waals surface area contributed by atoms with E-state index in [0.29, 0.717) is 35.2 Å². The lowest BCUT2D eigenvalue weighted by molar-refractivity contribution is -0.137. The second-order valence-corrected chi connectivity index (χ2v) is 8.07. The van der Waals surface area contributed by atoms with E-state index in [1.165, 1.54) is 0 Å². The highest BCUT2D eigenvalue weighted by molar-refractivity contribution is 6.33. The molecule has 1 aliphatic carbocycles. The SMILES string of the molecule is O=C(COC(=O)c1c2c(nc3ccccc13)CCCCC2)Nc1ncc(C(F)(F)F)cc1Cl. The number of aromatic nitrogens is 2. The first-order chi connectivity index (χ1) is 15.7. The number of alkyl halides is 3. The molecule has 0 saturated carbocycles. The average Bonchev–Trinajstić information content (AvgIpc) is 3.01. The zero-order valence-electron chi connectivity index (χ0n) is 17.3. The Morgan fingerprint density at radius 1 is 1.12 bits per heavy atom. The van der Waals surface area contributed by atoms with Gasteiger partial charge in [-0.25, -0.2) is 9.78 Å². The highest BCUT2D eigenvalue weighted by atomic mass is 35.5. The first kappa shape index (κ1) is 23.0. The average molecular weight is 478 g/mol. The first-order valence-electron chi connectivity index (χ1n) is 10.3. The van der Waals surface area contributed by atoms with Crippen LogP contribution >= 0.6 is 11.6 Å². The van der Waals surface area contributed by atoms with Crippen molar-refractivity contribution in [1.82, 2.24) is 9.97 Å². The Hall–Kier alpha value is -3.20. The van der Waals surface area contributed by atoms with Crippen LogP contribution in [0.3, 0.4) is 0 Å². The molecule has 2 aromatic heterocycles. The van der Waals surface area contributed by atoms with E-state index in [0.717, 1.165) is 36.9 Å². The van der Waals surface area contributed by atoms with E-state index in [-0.39, 0.29) is 10.8 Å². The van der Waals surface area contributed by atoms with Crippen LogP contribution in [0.2, 0.25) is 5.02 Å². The maximum atomic E-state index is 13.0. The van der Waals surface area contributed by atoms with Crippen LogP contribution in [0.25, 0.3) is 10.9 Å². The summed E-state index contributed by atoms with van der Waals surface area (Å²) >= 11 is 5.81. The van der Waals surface area contributed by atoms with Crippen LogP contribution in [0.5, 0.6) is 0 Å². The van der Waals surface area contributed by atoms with E-state index >= 15 is 0 Å². The molecule has 0 fully saturated rings. The molecule has 1 N–H and O–H groups in total. The fraction of sp³-hybridized carbons (Fsp3) is 0.304. The van der Waals surface area contributed by atoms with Crippen LogP contribution < -0.4 is 5.32 Å². The van der Waals surface area contributed by atoms with Crippen LogP contribution in [0.15, 0.2) is 36.5 Å². The van der Waals surface area contributed by atoms with Gasteiger partial charge in [0.05, 0.1) is 21.7 Å². The van der Waals surface area contributed by atoms with Gasteiger partial charge in [0.15, 0.2) is 12.4 Å². The Kier molecular flexibility index (Phi) is 6.51. The van der Waals surface area contributed by atoms with Gasteiger partial charge in [0.1, 0.15) is 0 Å². The number of para-hydroxylation sites is 1. The number of pyridine rings is 2. The molecule has 172 valence electrons. The third-order valence-electron chi connectivity index (χ3n) is 5.38. The quantitative estimate of drug-likeness (QED) is 0.404. The number of carbonyl (C=O) groups is 2. The van der Waals surface area contributed by atoms with Crippen molar-refractivity contribution in [3.05, 3.63) is 63.9 Å². The number of esters is 1. The van der Waals surface area contributed by atoms with Crippen LogP contribution in [-0.4, -0.2) is 28.5 Å². The summed E-state index contributed by atoms with van der Waals surface area (Å²) in [4.78, 5) is 33.6. The number of aryl methyl sites for hydroxylation is 1. The van der Waals surface area contributed by atoms with Crippen molar-refractivity contribution in [2.75, 3.05) is 11.9 Å². The topological polar surface area (TPSA) is 81.2 Å². The fourth-order valence-electron chi connectivity index (χ4n) is 3.84. The van der Waals surface area contributed by atoms with Crippen molar-refractivity contribution in [2.24, 2.45) is 0 Å². The molecule has 0 unspecified atom stereocenters. The molecular formula is C23H19ClF3N3O3. The lowest BCUT2D eigenvalue weighted by Gasteiger charge is -2.15. The van der Waals surface area contributed by atoms with Crippen molar-refractivity contribution < 1.29 is 27.5 Å². The molecule has 0 atom stereocenters. The minimum absolute atomic E-state index is 0.256. The highest BCUT2D eigenvalue weighted by Crippen LogP contribution is 2.32. The number of anilines is 1. The van der Waals surface area contributed by atoms with Gasteiger partial charge in [-0.2, -0.15) is 13.2 Å². The lowest BCUT2D eigenvalue weighted by Crippen LogP contribution is -2.23. The van der Waals surface area contributed by atoms with Crippen LogP contribution in [-0.2, 0) is 28.5 Å². The fourth-order valence-corrected chi connectivity index (χ4v) is 4.05. The van der Waals surface area contributed by atoms with Gasteiger partial charge in [0.25, 0.3) is 5.91 Å². The molecule has 4 rings (SSSR count). The van der Waals surface area contributed by atoms with E-state index in [1.807, 2.05) is 12.1 Å². The number of nitrogens with one attached hydrogen (secondary N) is 1. The maximum absolute atomic E-state index is 13.0. The molecule has 1 aromatic carbocycles. The highest BCUT2D eigenvalue weighted by Gasteiger charge is 2.32. The molecule has 0 bridgehead atoms. The number of rotatable bonds is 4. The zero-order valence-corrected chi connectivity index (χ0v) is 18.1. The van der Waals surface area contributed by atoms with Gasteiger partial charge < -0.3 is 10.1 Å². The predicted octanol–water partition coefficient (Wildman–Crippen LogP) is 5.37. The molecule has 2 heterocycles. The molecule has 10 heteroatoms. The monoisotopic (exact) mass is 477 g/mol. The Morgan fingerprint density at radius 3 is 2.64 bits per heavy atom. The van der Waals surface area contributed by atoms with Crippen LogP contribution in [0, 0.1) is 0 Å². The van der Waals surface area contributed by atoms with Gasteiger partial charge in [0.2, 0.25) is 0 Å². The normalized spacial score (nSPS) is 13.8. The smallest absolute Gasteiger partial charge is 0.417 e. The number of ether oxygens (including phenoxy) is 1. The van der Waals surface area contributed by atoms with Gasteiger partial charge in [-0.05, 0) is 43.4 Å². The number of nitrogens with zero attached hydrogens (tertiary/aromatic N) is 2. The number of fused-ring (bicyclic) bond motifs is 2. The van der Waals surface area contributed by atoms with E-state index in [4.69, 9.17) is 21.3 Å². The maximum Gasteiger partial charge on any atom is 0.417 e. The summed E-state index contributed by atoms with van der Waals surface area (Å²) in [6, 6.07) is 7.91. The van der Waals surface area contributed by atoms with Crippen molar-refractivity contribution in [3.8, 4) is 0 Å². The third-order valence-corrected chi connectivity index (χ3v) is 5.67.